The van der Waals surface area contributed by atoms with Crippen LogP contribution < -0.4 is 11.1 Å². The summed E-state index contributed by atoms with van der Waals surface area (Å²) in [6.07, 6.45) is 0. The molecule has 0 aromatic carbocycles. The third-order valence-corrected chi connectivity index (χ3v) is 2.37. The van der Waals surface area contributed by atoms with E-state index in [1.807, 2.05) is 19.1 Å². The molecule has 2 aromatic heterocycles. The van der Waals surface area contributed by atoms with E-state index >= 15 is 0 Å². The fourth-order valence-electron chi connectivity index (χ4n) is 1.48. The number of nitrogen functional groups attached to an aromatic ring is 1. The van der Waals surface area contributed by atoms with E-state index in [9.17, 15) is 4.79 Å². The van der Waals surface area contributed by atoms with Crippen molar-refractivity contribution in [3.8, 4) is 0 Å². The Morgan fingerprint density at radius 3 is 2.83 bits per heavy atom. The van der Waals surface area contributed by atoms with Gasteiger partial charge < -0.3 is 20.6 Å². The van der Waals surface area contributed by atoms with Gasteiger partial charge in [-0.15, -0.1) is 0 Å². The zero-order valence-electron chi connectivity index (χ0n) is 9.80. The lowest BCUT2D eigenvalue weighted by Gasteiger charge is -2.07. The van der Waals surface area contributed by atoms with Crippen molar-refractivity contribution >= 4 is 17.5 Å². The van der Waals surface area contributed by atoms with Crippen LogP contribution in [0.4, 0.5) is 11.5 Å². The highest BCUT2D eigenvalue weighted by atomic mass is 16.4. The van der Waals surface area contributed by atoms with Gasteiger partial charge in [0.05, 0.1) is 12.2 Å². The maximum absolute atomic E-state index is 10.8. The van der Waals surface area contributed by atoms with Crippen LogP contribution in [0.1, 0.15) is 22.0 Å². The van der Waals surface area contributed by atoms with E-state index in [0.717, 1.165) is 11.5 Å². The van der Waals surface area contributed by atoms with Gasteiger partial charge in [0.2, 0.25) is 0 Å². The third-order valence-electron chi connectivity index (χ3n) is 2.37. The maximum Gasteiger partial charge on any atom is 0.354 e. The number of aromatic nitrogens is 1. The molecule has 0 saturated carbocycles. The number of aryl methyl sites for hydroxylation is 1. The van der Waals surface area contributed by atoms with Crippen molar-refractivity contribution in [2.24, 2.45) is 0 Å². The first-order valence-corrected chi connectivity index (χ1v) is 5.35. The number of carbonyl (C=O) groups is 1. The van der Waals surface area contributed by atoms with Crippen LogP contribution in [0.2, 0.25) is 0 Å². The predicted molar refractivity (Wildman–Crippen MR) is 66.4 cm³/mol. The van der Waals surface area contributed by atoms with E-state index in [-0.39, 0.29) is 5.69 Å². The van der Waals surface area contributed by atoms with Crippen LogP contribution in [0.5, 0.6) is 0 Å². The SMILES string of the molecule is Cc1ccc(CNc2nc(C(=O)O)ccc2N)o1. The molecule has 0 aliphatic heterocycles. The number of aromatic carboxylic acids is 1. The molecule has 0 atom stereocenters. The topological polar surface area (TPSA) is 101 Å². The minimum absolute atomic E-state index is 0.0534. The van der Waals surface area contributed by atoms with E-state index in [0.29, 0.717) is 18.1 Å². The molecule has 2 aromatic rings. The van der Waals surface area contributed by atoms with Crippen molar-refractivity contribution < 1.29 is 14.3 Å². The molecule has 0 unspecified atom stereocenters. The Morgan fingerprint density at radius 2 is 2.22 bits per heavy atom. The van der Waals surface area contributed by atoms with Gasteiger partial charge in [-0.25, -0.2) is 9.78 Å². The van der Waals surface area contributed by atoms with Crippen LogP contribution in [0, 0.1) is 6.92 Å². The van der Waals surface area contributed by atoms with Crippen molar-refractivity contribution in [3.63, 3.8) is 0 Å². The quantitative estimate of drug-likeness (QED) is 0.762. The summed E-state index contributed by atoms with van der Waals surface area (Å²) in [5.74, 6) is 0.789. The first kappa shape index (κ1) is 12.0. The number of furan rings is 1. The van der Waals surface area contributed by atoms with Crippen LogP contribution >= 0.6 is 0 Å². The monoisotopic (exact) mass is 247 g/mol. The van der Waals surface area contributed by atoms with E-state index < -0.39 is 5.97 Å². The average Bonchev–Trinajstić information content (AvgIpc) is 2.74. The number of carboxylic acids is 1. The van der Waals surface area contributed by atoms with E-state index in [1.54, 1.807) is 0 Å². The molecular weight excluding hydrogens is 234 g/mol. The molecule has 6 heteroatoms. The first-order valence-electron chi connectivity index (χ1n) is 5.35. The standard InChI is InChI=1S/C12H13N3O3/c1-7-2-3-8(18-7)6-14-11-9(13)4-5-10(15-11)12(16)17/h2-5H,6,13H2,1H3,(H,14,15)(H,16,17). The largest absolute Gasteiger partial charge is 0.477 e. The van der Waals surface area contributed by atoms with Gasteiger partial charge >= 0.3 is 5.97 Å². The highest BCUT2D eigenvalue weighted by Gasteiger charge is 2.09. The van der Waals surface area contributed by atoms with Gasteiger partial charge in [0.1, 0.15) is 11.5 Å². The van der Waals surface area contributed by atoms with Gasteiger partial charge in [0, 0.05) is 0 Å². The van der Waals surface area contributed by atoms with Crippen molar-refractivity contribution in [3.05, 3.63) is 41.5 Å². The molecule has 0 aliphatic carbocycles. The lowest BCUT2D eigenvalue weighted by Crippen LogP contribution is -2.08. The van der Waals surface area contributed by atoms with Crippen LogP contribution in [0.25, 0.3) is 0 Å². The molecule has 18 heavy (non-hydrogen) atoms. The zero-order valence-corrected chi connectivity index (χ0v) is 9.80. The number of nitrogens with two attached hydrogens (primary N) is 1. The lowest BCUT2D eigenvalue weighted by atomic mass is 10.3. The van der Waals surface area contributed by atoms with Crippen molar-refractivity contribution in [1.82, 2.24) is 4.98 Å². The Kier molecular flexibility index (Phi) is 3.18. The highest BCUT2D eigenvalue weighted by Crippen LogP contribution is 2.17. The first-order chi connectivity index (χ1) is 8.56. The van der Waals surface area contributed by atoms with E-state index in [4.69, 9.17) is 15.3 Å². The number of nitrogens with zero attached hydrogens (tertiary/aromatic N) is 1. The highest BCUT2D eigenvalue weighted by molar-refractivity contribution is 5.86. The van der Waals surface area contributed by atoms with E-state index in [2.05, 4.69) is 10.3 Å². The number of anilines is 2. The fourth-order valence-corrected chi connectivity index (χ4v) is 1.48. The molecule has 0 aliphatic rings. The Bertz CT molecular complexity index is 578. The summed E-state index contributed by atoms with van der Waals surface area (Å²) in [7, 11) is 0. The van der Waals surface area contributed by atoms with Crippen LogP contribution in [0.3, 0.4) is 0 Å². The zero-order chi connectivity index (χ0) is 13.1. The molecule has 4 N–H and O–H groups in total. The predicted octanol–water partition coefficient (Wildman–Crippen LogP) is 1.88. The molecule has 94 valence electrons. The van der Waals surface area contributed by atoms with Crippen LogP contribution in [0.15, 0.2) is 28.7 Å². The number of carboxylic acid groups (broad SMARTS) is 1. The van der Waals surface area contributed by atoms with Gasteiger partial charge in [-0.1, -0.05) is 0 Å². The number of hydrogen-bond donors (Lipinski definition) is 3. The fraction of sp³-hybridized carbons (Fsp3) is 0.167. The number of pyridine rings is 1. The molecule has 2 heterocycles. The van der Waals surface area contributed by atoms with Crippen LogP contribution in [-0.4, -0.2) is 16.1 Å². The Balaban J connectivity index is 2.13. The normalized spacial score (nSPS) is 10.3. The minimum Gasteiger partial charge on any atom is -0.477 e. The van der Waals surface area contributed by atoms with Crippen molar-refractivity contribution in [1.29, 1.82) is 0 Å². The van der Waals surface area contributed by atoms with Crippen molar-refractivity contribution in [2.75, 3.05) is 11.1 Å². The average molecular weight is 247 g/mol. The number of nitrogens with one attached hydrogen (secondary N) is 1. The number of hydrogen-bond acceptors (Lipinski definition) is 5. The molecule has 0 amide bonds. The van der Waals surface area contributed by atoms with E-state index in [1.165, 1.54) is 12.1 Å². The molecule has 6 nitrogen and oxygen atoms in total. The molecule has 0 fully saturated rings. The summed E-state index contributed by atoms with van der Waals surface area (Å²) in [6, 6.07) is 6.55. The molecule has 0 radical (unpaired) electrons. The van der Waals surface area contributed by atoms with Gasteiger partial charge in [-0.05, 0) is 31.2 Å². The van der Waals surface area contributed by atoms with Gasteiger partial charge in [0.15, 0.2) is 11.5 Å². The van der Waals surface area contributed by atoms with Crippen molar-refractivity contribution in [2.45, 2.75) is 13.5 Å². The molecule has 0 bridgehead atoms. The lowest BCUT2D eigenvalue weighted by molar-refractivity contribution is 0.0690. The Hall–Kier alpha value is -2.50. The molecule has 2 rings (SSSR count). The van der Waals surface area contributed by atoms with Gasteiger partial charge in [-0.3, -0.25) is 0 Å². The summed E-state index contributed by atoms with van der Waals surface area (Å²) in [5, 5.41) is 11.8. The summed E-state index contributed by atoms with van der Waals surface area (Å²) < 4.78 is 5.38. The summed E-state index contributed by atoms with van der Waals surface area (Å²) in [4.78, 5) is 14.7. The smallest absolute Gasteiger partial charge is 0.354 e. The summed E-state index contributed by atoms with van der Waals surface area (Å²) >= 11 is 0. The second-order valence-corrected chi connectivity index (χ2v) is 3.81. The second-order valence-electron chi connectivity index (χ2n) is 3.81. The molecular formula is C12H13N3O3. The van der Waals surface area contributed by atoms with Crippen LogP contribution in [-0.2, 0) is 6.54 Å². The third kappa shape index (κ3) is 2.60. The summed E-state index contributed by atoms with van der Waals surface area (Å²) in [5.41, 5.74) is 6.05. The van der Waals surface area contributed by atoms with Gasteiger partial charge in [0.25, 0.3) is 0 Å². The maximum atomic E-state index is 10.8. The summed E-state index contributed by atoms with van der Waals surface area (Å²) in [6.45, 7) is 2.25. The molecule has 0 saturated heterocycles. The Morgan fingerprint density at radius 1 is 1.44 bits per heavy atom. The second kappa shape index (κ2) is 4.79. The van der Waals surface area contributed by atoms with Gasteiger partial charge in [-0.2, -0.15) is 0 Å². The Labute approximate surface area is 103 Å². The minimum atomic E-state index is -1.09. The number of rotatable bonds is 4. The molecule has 0 spiro atoms.